The fraction of sp³-hybridized carbons (Fsp3) is 0.118. The van der Waals surface area contributed by atoms with Crippen molar-refractivity contribution in [1.82, 2.24) is 9.97 Å². The lowest BCUT2D eigenvalue weighted by Gasteiger charge is -2.17. The minimum Gasteiger partial charge on any atom is -0.247 e. The van der Waals surface area contributed by atoms with Gasteiger partial charge in [-0.15, -0.1) is 0 Å². The topological polar surface area (TPSA) is 49.6 Å². The van der Waals surface area contributed by atoms with Crippen LogP contribution in [0.25, 0.3) is 11.0 Å². The SMILES string of the molecule is N#C[C@H](c1ccc(Cl)cc1Cl)c1nc2cc(Cl)c(Cl)cc2nc1C(F)(F)F. The van der Waals surface area contributed by atoms with Crippen LogP contribution in [0.15, 0.2) is 30.3 Å². The zero-order chi connectivity index (χ0) is 19.9. The van der Waals surface area contributed by atoms with Crippen molar-refractivity contribution in [3.63, 3.8) is 0 Å². The molecule has 0 saturated heterocycles. The van der Waals surface area contributed by atoms with Crippen LogP contribution < -0.4 is 0 Å². The van der Waals surface area contributed by atoms with E-state index < -0.39 is 23.5 Å². The maximum absolute atomic E-state index is 13.6. The molecule has 3 aromatic rings. The minimum absolute atomic E-state index is 0.0388. The Kier molecular flexibility index (Phi) is 5.42. The first-order valence-electron chi connectivity index (χ1n) is 7.20. The molecule has 0 aliphatic heterocycles. The molecule has 27 heavy (non-hydrogen) atoms. The summed E-state index contributed by atoms with van der Waals surface area (Å²) in [5.41, 5.74) is -1.79. The first-order valence-corrected chi connectivity index (χ1v) is 8.71. The summed E-state index contributed by atoms with van der Waals surface area (Å²) >= 11 is 23.7. The zero-order valence-corrected chi connectivity index (χ0v) is 16.0. The van der Waals surface area contributed by atoms with Gasteiger partial charge in [0, 0.05) is 10.0 Å². The van der Waals surface area contributed by atoms with Gasteiger partial charge in [0.15, 0.2) is 5.69 Å². The number of benzene rings is 2. The Balaban J connectivity index is 2.33. The maximum Gasteiger partial charge on any atom is 0.435 e. The van der Waals surface area contributed by atoms with E-state index in [-0.39, 0.29) is 36.7 Å². The summed E-state index contributed by atoms with van der Waals surface area (Å²) in [5.74, 6) is -1.42. The molecule has 138 valence electrons. The number of alkyl halides is 3. The molecule has 1 atom stereocenters. The van der Waals surface area contributed by atoms with Crippen molar-refractivity contribution in [3.8, 4) is 6.07 Å². The largest absolute Gasteiger partial charge is 0.435 e. The normalized spacial score (nSPS) is 12.8. The van der Waals surface area contributed by atoms with Crippen molar-refractivity contribution in [2.45, 2.75) is 12.1 Å². The standard InChI is InChI=1S/C17H6Cl4F3N3/c18-7-1-2-8(10(19)3-7)9(6-25)15-16(17(22,23)24)27-14-5-12(21)11(20)4-13(14)26-15/h1-5,9H/t9-/m1/s1. The lowest BCUT2D eigenvalue weighted by atomic mass is 9.95. The van der Waals surface area contributed by atoms with Gasteiger partial charge in [-0.1, -0.05) is 52.5 Å². The minimum atomic E-state index is -4.85. The van der Waals surface area contributed by atoms with Gasteiger partial charge >= 0.3 is 6.18 Å². The van der Waals surface area contributed by atoms with Crippen LogP contribution in [0, 0.1) is 11.3 Å². The highest BCUT2D eigenvalue weighted by Gasteiger charge is 2.39. The Labute approximate surface area is 171 Å². The van der Waals surface area contributed by atoms with Gasteiger partial charge < -0.3 is 0 Å². The highest BCUT2D eigenvalue weighted by Crippen LogP contribution is 2.39. The third-order valence-corrected chi connectivity index (χ3v) is 4.96. The van der Waals surface area contributed by atoms with Gasteiger partial charge in [-0.2, -0.15) is 18.4 Å². The summed E-state index contributed by atoms with van der Waals surface area (Å²) in [4.78, 5) is 7.65. The molecule has 0 saturated carbocycles. The fourth-order valence-corrected chi connectivity index (χ4v) is 3.32. The molecule has 1 aromatic heterocycles. The Bertz CT molecular complexity index is 1090. The molecule has 0 fully saturated rings. The van der Waals surface area contributed by atoms with Gasteiger partial charge in [0.25, 0.3) is 0 Å². The maximum atomic E-state index is 13.6. The van der Waals surface area contributed by atoms with Crippen molar-refractivity contribution in [2.24, 2.45) is 0 Å². The van der Waals surface area contributed by atoms with E-state index in [2.05, 4.69) is 9.97 Å². The average molecular weight is 451 g/mol. The van der Waals surface area contributed by atoms with Gasteiger partial charge in [0.2, 0.25) is 0 Å². The second-order valence-electron chi connectivity index (χ2n) is 5.44. The van der Waals surface area contributed by atoms with Crippen LogP contribution in [0.5, 0.6) is 0 Å². The molecule has 0 aliphatic rings. The molecule has 0 aliphatic carbocycles. The first-order chi connectivity index (χ1) is 12.6. The van der Waals surface area contributed by atoms with E-state index in [1.54, 1.807) is 0 Å². The van der Waals surface area contributed by atoms with Crippen LogP contribution in [0.4, 0.5) is 13.2 Å². The third-order valence-electron chi connectivity index (χ3n) is 3.68. The zero-order valence-electron chi connectivity index (χ0n) is 13.0. The molecule has 1 heterocycles. The molecule has 0 bridgehead atoms. The lowest BCUT2D eigenvalue weighted by molar-refractivity contribution is -0.141. The second kappa shape index (κ2) is 7.33. The Morgan fingerprint density at radius 3 is 2.00 bits per heavy atom. The molecule has 0 unspecified atom stereocenters. The van der Waals surface area contributed by atoms with E-state index >= 15 is 0 Å². The van der Waals surface area contributed by atoms with Crippen molar-refractivity contribution >= 4 is 57.4 Å². The number of hydrogen-bond donors (Lipinski definition) is 0. The molecular weight excluding hydrogens is 445 g/mol. The number of hydrogen-bond acceptors (Lipinski definition) is 3. The number of fused-ring (bicyclic) bond motifs is 1. The highest BCUT2D eigenvalue weighted by molar-refractivity contribution is 6.42. The van der Waals surface area contributed by atoms with Crippen molar-refractivity contribution in [1.29, 1.82) is 5.26 Å². The van der Waals surface area contributed by atoms with E-state index in [0.717, 1.165) is 0 Å². The molecule has 0 spiro atoms. The van der Waals surface area contributed by atoms with Gasteiger partial charge in [0.05, 0.1) is 32.8 Å². The molecule has 3 rings (SSSR count). The van der Waals surface area contributed by atoms with Crippen LogP contribution in [-0.2, 0) is 6.18 Å². The molecule has 0 N–H and O–H groups in total. The van der Waals surface area contributed by atoms with E-state index in [1.165, 1.54) is 30.3 Å². The Morgan fingerprint density at radius 2 is 1.48 bits per heavy atom. The lowest BCUT2D eigenvalue weighted by Crippen LogP contribution is -2.17. The predicted octanol–water partition coefficient (Wildman–Crippen LogP) is 6.92. The molecule has 0 amide bonds. The molecular formula is C17H6Cl4F3N3. The quantitative estimate of drug-likeness (QED) is 0.425. The first kappa shape index (κ1) is 20.0. The van der Waals surface area contributed by atoms with E-state index in [9.17, 15) is 18.4 Å². The third kappa shape index (κ3) is 3.92. The summed E-state index contributed by atoms with van der Waals surface area (Å²) in [6.07, 6.45) is -4.85. The number of halogens is 7. The summed E-state index contributed by atoms with van der Waals surface area (Å²) in [7, 11) is 0. The fourth-order valence-electron chi connectivity index (χ4n) is 2.49. The monoisotopic (exact) mass is 449 g/mol. The van der Waals surface area contributed by atoms with Crippen LogP contribution >= 0.6 is 46.4 Å². The van der Waals surface area contributed by atoms with Crippen LogP contribution in [0.1, 0.15) is 22.9 Å². The number of aromatic nitrogens is 2. The van der Waals surface area contributed by atoms with Crippen LogP contribution in [0.3, 0.4) is 0 Å². The molecule has 2 aromatic carbocycles. The average Bonchev–Trinajstić information content (AvgIpc) is 2.57. The molecule has 3 nitrogen and oxygen atoms in total. The van der Waals surface area contributed by atoms with Crippen LogP contribution in [0.2, 0.25) is 20.1 Å². The smallest absolute Gasteiger partial charge is 0.247 e. The van der Waals surface area contributed by atoms with Gasteiger partial charge in [-0.3, -0.25) is 0 Å². The Hall–Kier alpha value is -1.78. The van der Waals surface area contributed by atoms with Crippen molar-refractivity contribution in [3.05, 3.63) is 67.4 Å². The van der Waals surface area contributed by atoms with Crippen molar-refractivity contribution in [2.75, 3.05) is 0 Å². The van der Waals surface area contributed by atoms with E-state index in [4.69, 9.17) is 46.4 Å². The second-order valence-corrected chi connectivity index (χ2v) is 7.10. The van der Waals surface area contributed by atoms with Crippen LogP contribution in [-0.4, -0.2) is 9.97 Å². The van der Waals surface area contributed by atoms with Gasteiger partial charge in [0.1, 0.15) is 5.92 Å². The summed E-state index contributed by atoms with van der Waals surface area (Å²) in [6.45, 7) is 0. The van der Waals surface area contributed by atoms with E-state index in [1.807, 2.05) is 6.07 Å². The summed E-state index contributed by atoms with van der Waals surface area (Å²) < 4.78 is 40.8. The number of nitrogens with zero attached hydrogens (tertiary/aromatic N) is 3. The number of nitriles is 1. The Morgan fingerprint density at radius 1 is 0.889 bits per heavy atom. The molecule has 0 radical (unpaired) electrons. The highest BCUT2D eigenvalue weighted by atomic mass is 35.5. The van der Waals surface area contributed by atoms with Crippen molar-refractivity contribution < 1.29 is 13.2 Å². The molecule has 10 heteroatoms. The van der Waals surface area contributed by atoms with E-state index in [0.29, 0.717) is 0 Å². The predicted molar refractivity (Wildman–Crippen MR) is 98.5 cm³/mol. The van der Waals surface area contributed by atoms with Gasteiger partial charge in [-0.25, -0.2) is 9.97 Å². The van der Waals surface area contributed by atoms with Gasteiger partial charge in [-0.05, 0) is 29.8 Å². The summed E-state index contributed by atoms with van der Waals surface area (Å²) in [5, 5.41) is 10.0. The number of rotatable bonds is 2. The summed E-state index contributed by atoms with van der Waals surface area (Å²) in [6, 6.07) is 8.41.